The van der Waals surface area contributed by atoms with Crippen molar-refractivity contribution in [1.82, 2.24) is 10.1 Å². The maximum Gasteiger partial charge on any atom is 0.231 e. The number of halogens is 1. The highest BCUT2D eigenvalue weighted by atomic mass is 19.1. The van der Waals surface area contributed by atoms with Crippen molar-refractivity contribution in [1.29, 1.82) is 0 Å². The van der Waals surface area contributed by atoms with E-state index in [0.29, 0.717) is 29.4 Å². The molecule has 0 saturated carbocycles. The van der Waals surface area contributed by atoms with Crippen molar-refractivity contribution in [3.05, 3.63) is 65.3 Å². The summed E-state index contributed by atoms with van der Waals surface area (Å²) >= 11 is 0. The molecule has 1 heterocycles. The zero-order chi connectivity index (χ0) is 14.8. The number of hydrogen-bond donors (Lipinski definition) is 1. The van der Waals surface area contributed by atoms with Gasteiger partial charge in [-0.15, -0.1) is 0 Å². The summed E-state index contributed by atoms with van der Waals surface area (Å²) in [4.78, 5) is 4.34. The summed E-state index contributed by atoms with van der Waals surface area (Å²) in [6, 6.07) is 12.3. The first-order valence-corrected chi connectivity index (χ1v) is 6.55. The van der Waals surface area contributed by atoms with Gasteiger partial charge in [-0.25, -0.2) is 4.39 Å². The van der Waals surface area contributed by atoms with E-state index >= 15 is 0 Å². The molecule has 0 aliphatic rings. The van der Waals surface area contributed by atoms with Gasteiger partial charge < -0.3 is 10.3 Å². The van der Waals surface area contributed by atoms with Crippen LogP contribution >= 0.6 is 0 Å². The predicted molar refractivity (Wildman–Crippen MR) is 78.1 cm³/mol. The van der Waals surface area contributed by atoms with E-state index in [4.69, 9.17) is 10.3 Å². The molecule has 0 radical (unpaired) electrons. The molecule has 0 fully saturated rings. The van der Waals surface area contributed by atoms with Gasteiger partial charge in [-0.2, -0.15) is 4.98 Å². The molecule has 0 amide bonds. The second kappa shape index (κ2) is 5.36. The van der Waals surface area contributed by atoms with Gasteiger partial charge in [0, 0.05) is 11.3 Å². The topological polar surface area (TPSA) is 64.9 Å². The van der Waals surface area contributed by atoms with Crippen LogP contribution in [0.5, 0.6) is 0 Å². The molecule has 2 aromatic carbocycles. The number of aryl methyl sites for hydroxylation is 1. The van der Waals surface area contributed by atoms with Gasteiger partial charge in [0.2, 0.25) is 11.7 Å². The summed E-state index contributed by atoms with van der Waals surface area (Å²) in [7, 11) is 0. The largest absolute Gasteiger partial charge is 0.399 e. The molecule has 0 spiro atoms. The van der Waals surface area contributed by atoms with E-state index in [2.05, 4.69) is 10.1 Å². The van der Waals surface area contributed by atoms with Crippen LogP contribution in [0.4, 0.5) is 10.1 Å². The minimum atomic E-state index is -0.248. The number of rotatable bonds is 3. The summed E-state index contributed by atoms with van der Waals surface area (Å²) in [5, 5.41) is 3.94. The smallest absolute Gasteiger partial charge is 0.231 e. The molecule has 1 aromatic heterocycles. The highest BCUT2D eigenvalue weighted by Gasteiger charge is 2.10. The highest BCUT2D eigenvalue weighted by Crippen LogP contribution is 2.20. The van der Waals surface area contributed by atoms with Gasteiger partial charge in [0.05, 0.1) is 6.42 Å². The molecular formula is C16H14FN3O. The maximum atomic E-state index is 13.3. The Bertz CT molecular complexity index is 783. The first kappa shape index (κ1) is 13.3. The van der Waals surface area contributed by atoms with Crippen LogP contribution in [-0.4, -0.2) is 10.1 Å². The predicted octanol–water partition coefficient (Wildman–Crippen LogP) is 3.36. The molecule has 106 valence electrons. The summed E-state index contributed by atoms with van der Waals surface area (Å²) in [5.41, 5.74) is 8.72. The van der Waals surface area contributed by atoms with E-state index in [-0.39, 0.29) is 5.82 Å². The minimum absolute atomic E-state index is 0.248. The standard InChI is InChI=1S/C16H14FN3O/c1-10-7-12(5-6-14(10)17)16-19-15(21-20-16)9-11-3-2-4-13(18)8-11/h2-8H,9,18H2,1H3. The van der Waals surface area contributed by atoms with Crippen molar-refractivity contribution < 1.29 is 8.91 Å². The Morgan fingerprint density at radius 2 is 2.05 bits per heavy atom. The Labute approximate surface area is 121 Å². The van der Waals surface area contributed by atoms with Crippen LogP contribution in [0.3, 0.4) is 0 Å². The number of nitrogens with two attached hydrogens (primary N) is 1. The number of anilines is 1. The van der Waals surface area contributed by atoms with Crippen LogP contribution in [0, 0.1) is 12.7 Å². The third-order valence-electron chi connectivity index (χ3n) is 3.19. The maximum absolute atomic E-state index is 13.3. The fourth-order valence-electron chi connectivity index (χ4n) is 2.11. The van der Waals surface area contributed by atoms with Gasteiger partial charge in [-0.1, -0.05) is 17.3 Å². The first-order chi connectivity index (χ1) is 10.1. The average molecular weight is 283 g/mol. The van der Waals surface area contributed by atoms with E-state index in [1.54, 1.807) is 19.1 Å². The van der Waals surface area contributed by atoms with Gasteiger partial charge in [0.1, 0.15) is 5.82 Å². The highest BCUT2D eigenvalue weighted by molar-refractivity contribution is 5.55. The average Bonchev–Trinajstić information content (AvgIpc) is 2.90. The number of nitrogen functional groups attached to an aromatic ring is 1. The third kappa shape index (κ3) is 2.91. The summed E-state index contributed by atoms with van der Waals surface area (Å²) in [5.74, 6) is 0.705. The van der Waals surface area contributed by atoms with Crippen molar-refractivity contribution in [3.8, 4) is 11.4 Å². The van der Waals surface area contributed by atoms with Gasteiger partial charge in [0.15, 0.2) is 0 Å². The van der Waals surface area contributed by atoms with Crippen LogP contribution in [-0.2, 0) is 6.42 Å². The van der Waals surface area contributed by atoms with Gasteiger partial charge in [-0.05, 0) is 48.4 Å². The van der Waals surface area contributed by atoms with Crippen molar-refractivity contribution in [2.45, 2.75) is 13.3 Å². The summed E-state index contributed by atoms with van der Waals surface area (Å²) in [6.45, 7) is 1.70. The van der Waals surface area contributed by atoms with Crippen molar-refractivity contribution >= 4 is 5.69 Å². The molecule has 0 atom stereocenters. The van der Waals surface area contributed by atoms with Crippen molar-refractivity contribution in [2.24, 2.45) is 0 Å². The van der Waals surface area contributed by atoms with Crippen LogP contribution in [0.2, 0.25) is 0 Å². The second-order valence-corrected chi connectivity index (χ2v) is 4.90. The molecule has 21 heavy (non-hydrogen) atoms. The van der Waals surface area contributed by atoms with Crippen LogP contribution < -0.4 is 5.73 Å². The Morgan fingerprint density at radius 3 is 2.81 bits per heavy atom. The number of aromatic nitrogens is 2. The van der Waals surface area contributed by atoms with Gasteiger partial charge in [0.25, 0.3) is 0 Å². The first-order valence-electron chi connectivity index (χ1n) is 6.55. The van der Waals surface area contributed by atoms with Gasteiger partial charge >= 0.3 is 0 Å². The molecule has 0 unspecified atom stereocenters. The lowest BCUT2D eigenvalue weighted by atomic mass is 10.1. The number of nitrogens with zero attached hydrogens (tertiary/aromatic N) is 2. The third-order valence-corrected chi connectivity index (χ3v) is 3.19. The van der Waals surface area contributed by atoms with Crippen LogP contribution in [0.1, 0.15) is 17.0 Å². The van der Waals surface area contributed by atoms with E-state index < -0.39 is 0 Å². The molecule has 2 N–H and O–H groups in total. The van der Waals surface area contributed by atoms with E-state index in [1.807, 2.05) is 24.3 Å². The molecule has 4 nitrogen and oxygen atoms in total. The fourth-order valence-corrected chi connectivity index (χ4v) is 2.11. The zero-order valence-corrected chi connectivity index (χ0v) is 11.5. The Morgan fingerprint density at radius 1 is 1.19 bits per heavy atom. The zero-order valence-electron chi connectivity index (χ0n) is 11.5. The van der Waals surface area contributed by atoms with Crippen molar-refractivity contribution in [3.63, 3.8) is 0 Å². The van der Waals surface area contributed by atoms with E-state index in [0.717, 1.165) is 11.1 Å². The lowest BCUT2D eigenvalue weighted by Crippen LogP contribution is -1.91. The normalized spacial score (nSPS) is 10.8. The number of hydrogen-bond acceptors (Lipinski definition) is 4. The minimum Gasteiger partial charge on any atom is -0.399 e. The Hall–Kier alpha value is -2.69. The molecule has 3 aromatic rings. The van der Waals surface area contributed by atoms with E-state index in [9.17, 15) is 4.39 Å². The van der Waals surface area contributed by atoms with Crippen molar-refractivity contribution in [2.75, 3.05) is 5.73 Å². The van der Waals surface area contributed by atoms with Crippen LogP contribution in [0.15, 0.2) is 47.0 Å². The lowest BCUT2D eigenvalue weighted by molar-refractivity contribution is 0.385. The SMILES string of the molecule is Cc1cc(-c2noc(Cc3cccc(N)c3)n2)ccc1F. The molecule has 0 bridgehead atoms. The summed E-state index contributed by atoms with van der Waals surface area (Å²) in [6.07, 6.45) is 0.512. The Balaban J connectivity index is 1.84. The molecule has 0 aliphatic carbocycles. The second-order valence-electron chi connectivity index (χ2n) is 4.90. The van der Waals surface area contributed by atoms with Crippen LogP contribution in [0.25, 0.3) is 11.4 Å². The fraction of sp³-hybridized carbons (Fsp3) is 0.125. The molecule has 0 aliphatic heterocycles. The Kier molecular flexibility index (Phi) is 3.39. The molecule has 5 heteroatoms. The molecule has 3 rings (SSSR count). The number of benzene rings is 2. The lowest BCUT2D eigenvalue weighted by Gasteiger charge is -1.98. The van der Waals surface area contributed by atoms with E-state index in [1.165, 1.54) is 6.07 Å². The monoisotopic (exact) mass is 283 g/mol. The summed E-state index contributed by atoms with van der Waals surface area (Å²) < 4.78 is 18.5. The molecular weight excluding hydrogens is 269 g/mol. The molecule has 0 saturated heterocycles. The van der Waals surface area contributed by atoms with Gasteiger partial charge in [-0.3, -0.25) is 0 Å². The quantitative estimate of drug-likeness (QED) is 0.748.